The lowest BCUT2D eigenvalue weighted by atomic mass is 10.1. The van der Waals surface area contributed by atoms with Gasteiger partial charge >= 0.3 is 5.97 Å². The number of thiophene rings is 1. The molecule has 0 saturated carbocycles. The number of aryl methyl sites for hydroxylation is 1. The molecule has 2 aromatic heterocycles. The molecule has 0 aliphatic carbocycles. The topological polar surface area (TPSA) is 66.6 Å². The van der Waals surface area contributed by atoms with Gasteiger partial charge in [0, 0.05) is 12.6 Å². The summed E-state index contributed by atoms with van der Waals surface area (Å²) in [7, 11) is 0. The Kier molecular flexibility index (Phi) is 3.58. The molecule has 1 atom stereocenters. The zero-order valence-electron chi connectivity index (χ0n) is 11.2. The first-order valence-electron chi connectivity index (χ1n) is 6.62. The average molecular weight is 292 g/mol. The second-order valence-corrected chi connectivity index (χ2v) is 6.00. The summed E-state index contributed by atoms with van der Waals surface area (Å²) in [5.74, 6) is 0.0355. The summed E-state index contributed by atoms with van der Waals surface area (Å²) in [6, 6.07) is 4.07. The summed E-state index contributed by atoms with van der Waals surface area (Å²) < 4.78 is 5.37. The largest absolute Gasteiger partial charge is 0.477 e. The molecule has 1 unspecified atom stereocenters. The molecule has 6 heteroatoms. The van der Waals surface area contributed by atoms with Gasteiger partial charge in [0.15, 0.2) is 5.76 Å². The Morgan fingerprint density at radius 3 is 3.20 bits per heavy atom. The number of hydrogen-bond acceptors (Lipinski definition) is 5. The number of carboxylic acid groups (broad SMARTS) is 1. The van der Waals surface area contributed by atoms with E-state index in [0.717, 1.165) is 36.4 Å². The Morgan fingerprint density at radius 1 is 1.65 bits per heavy atom. The van der Waals surface area contributed by atoms with Gasteiger partial charge in [0.05, 0.1) is 11.7 Å². The lowest BCUT2D eigenvalue weighted by Gasteiger charge is -2.22. The van der Waals surface area contributed by atoms with Crippen molar-refractivity contribution in [2.45, 2.75) is 32.4 Å². The van der Waals surface area contributed by atoms with E-state index in [-0.39, 0.29) is 6.04 Å². The predicted octanol–water partition coefficient (Wildman–Crippen LogP) is 3.08. The standard InChI is InChI=1S/C14H16N2O3S/c1-9-7-12(19-15-9)11-3-2-5-16(11)8-10-4-6-20-13(10)14(17)18/h4,6-7,11H,2-3,5,8H2,1H3,(H,17,18). The smallest absolute Gasteiger partial charge is 0.346 e. The summed E-state index contributed by atoms with van der Waals surface area (Å²) in [4.78, 5) is 13.9. The third-order valence-corrected chi connectivity index (χ3v) is 4.60. The van der Waals surface area contributed by atoms with Crippen LogP contribution in [0.25, 0.3) is 0 Å². The van der Waals surface area contributed by atoms with E-state index in [9.17, 15) is 9.90 Å². The summed E-state index contributed by atoms with van der Waals surface area (Å²) >= 11 is 1.28. The molecule has 1 N–H and O–H groups in total. The van der Waals surface area contributed by atoms with Gasteiger partial charge in [-0.1, -0.05) is 5.16 Å². The Balaban J connectivity index is 1.79. The van der Waals surface area contributed by atoms with E-state index in [1.165, 1.54) is 11.3 Å². The fraction of sp³-hybridized carbons (Fsp3) is 0.429. The fourth-order valence-electron chi connectivity index (χ4n) is 2.74. The van der Waals surface area contributed by atoms with Gasteiger partial charge < -0.3 is 9.63 Å². The number of hydrogen-bond donors (Lipinski definition) is 1. The van der Waals surface area contributed by atoms with Gasteiger partial charge in [-0.15, -0.1) is 11.3 Å². The number of rotatable bonds is 4. The Bertz CT molecular complexity index is 619. The fourth-order valence-corrected chi connectivity index (χ4v) is 3.50. The highest BCUT2D eigenvalue weighted by Gasteiger charge is 2.30. The van der Waals surface area contributed by atoms with Crippen LogP contribution in [0.4, 0.5) is 0 Å². The third kappa shape index (κ3) is 2.48. The van der Waals surface area contributed by atoms with E-state index in [0.29, 0.717) is 11.4 Å². The second kappa shape index (κ2) is 5.38. The van der Waals surface area contributed by atoms with Gasteiger partial charge in [-0.2, -0.15) is 0 Å². The molecule has 1 fully saturated rings. The van der Waals surface area contributed by atoms with Crippen molar-refractivity contribution in [3.8, 4) is 0 Å². The maximum atomic E-state index is 11.2. The molecule has 1 saturated heterocycles. The number of carboxylic acids is 1. The number of aromatic carboxylic acids is 1. The normalized spacial score (nSPS) is 19.6. The van der Waals surface area contributed by atoms with Crippen molar-refractivity contribution < 1.29 is 14.4 Å². The van der Waals surface area contributed by atoms with Gasteiger partial charge in [-0.05, 0) is 43.3 Å². The molecular weight excluding hydrogens is 276 g/mol. The SMILES string of the molecule is Cc1cc(C2CCCN2Cc2ccsc2C(=O)O)on1. The van der Waals surface area contributed by atoms with Gasteiger partial charge in [0.1, 0.15) is 4.88 Å². The lowest BCUT2D eigenvalue weighted by molar-refractivity contribution is 0.0699. The van der Waals surface area contributed by atoms with Crippen LogP contribution in [0.3, 0.4) is 0 Å². The monoisotopic (exact) mass is 292 g/mol. The molecule has 1 aliphatic rings. The van der Waals surface area contributed by atoms with Crippen LogP contribution in [0.2, 0.25) is 0 Å². The van der Waals surface area contributed by atoms with E-state index < -0.39 is 5.97 Å². The number of carbonyl (C=O) groups is 1. The highest BCUT2D eigenvalue weighted by Crippen LogP contribution is 2.34. The molecule has 0 aromatic carbocycles. The highest BCUT2D eigenvalue weighted by molar-refractivity contribution is 7.12. The van der Waals surface area contributed by atoms with Crippen molar-refractivity contribution in [2.75, 3.05) is 6.54 Å². The molecule has 0 radical (unpaired) electrons. The Labute approximate surface area is 120 Å². The zero-order valence-corrected chi connectivity index (χ0v) is 12.0. The van der Waals surface area contributed by atoms with Crippen molar-refractivity contribution in [2.24, 2.45) is 0 Å². The maximum Gasteiger partial charge on any atom is 0.346 e. The average Bonchev–Trinajstić information content (AvgIpc) is 3.09. The Hall–Kier alpha value is -1.66. The van der Waals surface area contributed by atoms with E-state index in [1.807, 2.05) is 24.4 Å². The minimum absolute atomic E-state index is 0.206. The van der Waals surface area contributed by atoms with Gasteiger partial charge in [-0.3, -0.25) is 4.90 Å². The molecule has 0 bridgehead atoms. The molecule has 1 aliphatic heterocycles. The van der Waals surface area contributed by atoms with Gasteiger partial charge in [0.25, 0.3) is 0 Å². The summed E-state index contributed by atoms with van der Waals surface area (Å²) in [6.07, 6.45) is 2.12. The quantitative estimate of drug-likeness (QED) is 0.938. The van der Waals surface area contributed by atoms with Crippen molar-refractivity contribution in [3.05, 3.63) is 39.4 Å². The molecule has 106 valence electrons. The highest BCUT2D eigenvalue weighted by atomic mass is 32.1. The molecule has 2 aromatic rings. The number of likely N-dealkylation sites (tertiary alicyclic amines) is 1. The molecule has 20 heavy (non-hydrogen) atoms. The van der Waals surface area contributed by atoms with Crippen LogP contribution in [0.5, 0.6) is 0 Å². The number of nitrogens with zero attached hydrogens (tertiary/aromatic N) is 2. The first-order chi connectivity index (χ1) is 9.65. The minimum atomic E-state index is -0.846. The van der Waals surface area contributed by atoms with Crippen LogP contribution in [0, 0.1) is 6.92 Å². The summed E-state index contributed by atoms with van der Waals surface area (Å²) in [5, 5.41) is 15.0. The van der Waals surface area contributed by atoms with E-state index in [2.05, 4.69) is 10.1 Å². The first-order valence-corrected chi connectivity index (χ1v) is 7.50. The van der Waals surface area contributed by atoms with Crippen molar-refractivity contribution in [3.63, 3.8) is 0 Å². The van der Waals surface area contributed by atoms with Crippen LogP contribution < -0.4 is 0 Å². The van der Waals surface area contributed by atoms with Crippen molar-refractivity contribution in [1.82, 2.24) is 10.1 Å². The second-order valence-electron chi connectivity index (χ2n) is 5.08. The predicted molar refractivity (Wildman–Crippen MR) is 74.9 cm³/mol. The van der Waals surface area contributed by atoms with Crippen LogP contribution in [0.15, 0.2) is 22.0 Å². The van der Waals surface area contributed by atoms with Gasteiger partial charge in [0.2, 0.25) is 0 Å². The molecule has 3 rings (SSSR count). The van der Waals surface area contributed by atoms with Crippen LogP contribution in [-0.4, -0.2) is 27.7 Å². The van der Waals surface area contributed by atoms with E-state index in [1.54, 1.807) is 0 Å². The first kappa shape index (κ1) is 13.3. The molecule has 0 amide bonds. The van der Waals surface area contributed by atoms with Crippen LogP contribution >= 0.6 is 11.3 Å². The van der Waals surface area contributed by atoms with Gasteiger partial charge in [-0.25, -0.2) is 4.79 Å². The van der Waals surface area contributed by atoms with E-state index >= 15 is 0 Å². The van der Waals surface area contributed by atoms with Crippen LogP contribution in [-0.2, 0) is 6.54 Å². The van der Waals surface area contributed by atoms with Crippen LogP contribution in [0.1, 0.15) is 45.6 Å². The van der Waals surface area contributed by atoms with Crippen molar-refractivity contribution >= 4 is 17.3 Å². The summed E-state index contributed by atoms with van der Waals surface area (Å²) in [6.45, 7) is 3.52. The van der Waals surface area contributed by atoms with Crippen molar-refractivity contribution in [1.29, 1.82) is 0 Å². The van der Waals surface area contributed by atoms with E-state index in [4.69, 9.17) is 4.52 Å². The Morgan fingerprint density at radius 2 is 2.50 bits per heavy atom. The third-order valence-electron chi connectivity index (χ3n) is 3.65. The zero-order chi connectivity index (χ0) is 14.1. The minimum Gasteiger partial charge on any atom is -0.477 e. The maximum absolute atomic E-state index is 11.2. The molecule has 0 spiro atoms. The summed E-state index contributed by atoms with van der Waals surface area (Å²) in [5.41, 5.74) is 1.76. The molecular formula is C14H16N2O3S. The number of aromatic nitrogens is 1. The lowest BCUT2D eigenvalue weighted by Crippen LogP contribution is -2.23. The molecule has 5 nitrogen and oxygen atoms in total. The molecule has 3 heterocycles.